The highest BCUT2D eigenvalue weighted by Crippen LogP contribution is 2.21. The number of rotatable bonds is 5. The Hall–Kier alpha value is -2.13. The molecule has 1 aliphatic rings. The first-order valence-electron chi connectivity index (χ1n) is 9.25. The standard InChI is InChI=1S/C22H28N2O/c1-17-8-10-19(11-9-17)16-24-14-12-21(13-15-24)22(25)23-18(2)20-6-4-3-5-7-20/h3-11,18,21H,12-16H2,1-2H3,(H,23,25)/t18-/m1/s1. The lowest BCUT2D eigenvalue weighted by Gasteiger charge is -2.32. The SMILES string of the molecule is Cc1ccc(CN2CCC(C(=O)N[C@H](C)c3ccccc3)CC2)cc1. The van der Waals surface area contributed by atoms with Crippen LogP contribution in [0.3, 0.4) is 0 Å². The Morgan fingerprint density at radius 1 is 1.08 bits per heavy atom. The van der Waals surface area contributed by atoms with Crippen LogP contribution >= 0.6 is 0 Å². The second-order valence-electron chi connectivity index (χ2n) is 7.18. The maximum Gasteiger partial charge on any atom is 0.223 e. The number of amides is 1. The van der Waals surface area contributed by atoms with Crippen LogP contribution in [0.25, 0.3) is 0 Å². The average molecular weight is 336 g/mol. The van der Waals surface area contributed by atoms with Crippen molar-refractivity contribution in [2.45, 2.75) is 39.3 Å². The lowest BCUT2D eigenvalue weighted by molar-refractivity contribution is -0.127. The van der Waals surface area contributed by atoms with Crippen molar-refractivity contribution >= 4 is 5.91 Å². The molecule has 3 nitrogen and oxygen atoms in total. The van der Waals surface area contributed by atoms with Crippen LogP contribution < -0.4 is 5.32 Å². The molecule has 2 aromatic carbocycles. The highest BCUT2D eigenvalue weighted by Gasteiger charge is 2.25. The van der Waals surface area contributed by atoms with Crippen LogP contribution in [0.4, 0.5) is 0 Å². The molecule has 0 saturated carbocycles. The summed E-state index contributed by atoms with van der Waals surface area (Å²) in [7, 11) is 0. The first-order chi connectivity index (χ1) is 12.1. The molecule has 132 valence electrons. The van der Waals surface area contributed by atoms with Crippen molar-refractivity contribution < 1.29 is 4.79 Å². The van der Waals surface area contributed by atoms with Crippen molar-refractivity contribution in [3.05, 3.63) is 71.3 Å². The molecular weight excluding hydrogens is 308 g/mol. The lowest BCUT2D eigenvalue weighted by Crippen LogP contribution is -2.40. The van der Waals surface area contributed by atoms with Crippen LogP contribution in [0.15, 0.2) is 54.6 Å². The summed E-state index contributed by atoms with van der Waals surface area (Å²) in [6.45, 7) is 7.14. The van der Waals surface area contributed by atoms with Gasteiger partial charge in [-0.1, -0.05) is 60.2 Å². The van der Waals surface area contributed by atoms with E-state index in [1.54, 1.807) is 0 Å². The third kappa shape index (κ3) is 4.93. The lowest BCUT2D eigenvalue weighted by atomic mass is 9.95. The van der Waals surface area contributed by atoms with Gasteiger partial charge in [-0.2, -0.15) is 0 Å². The molecule has 0 radical (unpaired) electrons. The van der Waals surface area contributed by atoms with E-state index < -0.39 is 0 Å². The van der Waals surface area contributed by atoms with Gasteiger partial charge in [0.2, 0.25) is 5.91 Å². The van der Waals surface area contributed by atoms with E-state index in [2.05, 4.69) is 60.5 Å². The van der Waals surface area contributed by atoms with Crippen molar-refractivity contribution in [2.75, 3.05) is 13.1 Å². The normalized spacial score (nSPS) is 17.2. The molecule has 0 bridgehead atoms. The fourth-order valence-corrected chi connectivity index (χ4v) is 3.46. The number of carbonyl (C=O) groups excluding carboxylic acids is 1. The summed E-state index contributed by atoms with van der Waals surface area (Å²) in [4.78, 5) is 15.0. The molecule has 0 spiro atoms. The minimum Gasteiger partial charge on any atom is -0.349 e. The van der Waals surface area contributed by atoms with Gasteiger partial charge in [0.25, 0.3) is 0 Å². The molecular formula is C22H28N2O. The Morgan fingerprint density at radius 2 is 1.72 bits per heavy atom. The zero-order valence-electron chi connectivity index (χ0n) is 15.2. The van der Waals surface area contributed by atoms with Gasteiger partial charge in [-0.3, -0.25) is 9.69 Å². The molecule has 1 N–H and O–H groups in total. The molecule has 3 rings (SSSR count). The van der Waals surface area contributed by atoms with Gasteiger partial charge >= 0.3 is 0 Å². The summed E-state index contributed by atoms with van der Waals surface area (Å²) < 4.78 is 0. The van der Waals surface area contributed by atoms with E-state index in [4.69, 9.17) is 0 Å². The van der Waals surface area contributed by atoms with Gasteiger partial charge in [0.05, 0.1) is 6.04 Å². The van der Waals surface area contributed by atoms with Gasteiger partial charge in [-0.15, -0.1) is 0 Å². The number of nitrogens with one attached hydrogen (secondary N) is 1. The first kappa shape index (κ1) is 17.7. The third-order valence-electron chi connectivity index (χ3n) is 5.14. The average Bonchev–Trinajstić information content (AvgIpc) is 2.65. The smallest absolute Gasteiger partial charge is 0.223 e. The van der Waals surface area contributed by atoms with Gasteiger partial charge in [0.1, 0.15) is 0 Å². The number of aryl methyl sites for hydroxylation is 1. The molecule has 0 aromatic heterocycles. The number of hydrogen-bond acceptors (Lipinski definition) is 2. The van der Waals surface area contributed by atoms with Crippen molar-refractivity contribution in [1.29, 1.82) is 0 Å². The number of benzene rings is 2. The topological polar surface area (TPSA) is 32.3 Å². The van der Waals surface area contributed by atoms with E-state index in [0.29, 0.717) is 0 Å². The number of nitrogens with zero attached hydrogens (tertiary/aromatic N) is 1. The number of likely N-dealkylation sites (tertiary alicyclic amines) is 1. The predicted molar refractivity (Wildman–Crippen MR) is 102 cm³/mol. The molecule has 0 unspecified atom stereocenters. The van der Waals surface area contributed by atoms with E-state index in [1.807, 2.05) is 18.2 Å². The molecule has 25 heavy (non-hydrogen) atoms. The van der Waals surface area contributed by atoms with Crippen LogP contribution in [0.1, 0.15) is 42.5 Å². The maximum absolute atomic E-state index is 12.6. The summed E-state index contributed by atoms with van der Waals surface area (Å²) >= 11 is 0. The zero-order chi connectivity index (χ0) is 17.6. The summed E-state index contributed by atoms with van der Waals surface area (Å²) in [6, 6.07) is 19.0. The fourth-order valence-electron chi connectivity index (χ4n) is 3.46. The Labute approximate surface area is 151 Å². The minimum absolute atomic E-state index is 0.0688. The van der Waals surface area contributed by atoms with E-state index in [-0.39, 0.29) is 17.9 Å². The third-order valence-corrected chi connectivity index (χ3v) is 5.14. The molecule has 1 saturated heterocycles. The van der Waals surface area contributed by atoms with Crippen molar-refractivity contribution in [2.24, 2.45) is 5.92 Å². The monoisotopic (exact) mass is 336 g/mol. The Morgan fingerprint density at radius 3 is 2.36 bits per heavy atom. The summed E-state index contributed by atoms with van der Waals surface area (Å²) in [5.74, 6) is 0.340. The van der Waals surface area contributed by atoms with Gasteiger partial charge < -0.3 is 5.32 Å². The van der Waals surface area contributed by atoms with Crippen LogP contribution in [-0.4, -0.2) is 23.9 Å². The highest BCUT2D eigenvalue weighted by molar-refractivity contribution is 5.79. The first-order valence-corrected chi connectivity index (χ1v) is 9.25. The Bertz CT molecular complexity index is 673. The molecule has 1 amide bonds. The van der Waals surface area contributed by atoms with Crippen molar-refractivity contribution in [3.8, 4) is 0 Å². The van der Waals surface area contributed by atoms with E-state index in [9.17, 15) is 4.79 Å². The number of piperidine rings is 1. The number of carbonyl (C=O) groups is 1. The maximum atomic E-state index is 12.6. The van der Waals surface area contributed by atoms with E-state index in [1.165, 1.54) is 11.1 Å². The van der Waals surface area contributed by atoms with Crippen LogP contribution in [0.2, 0.25) is 0 Å². The molecule has 1 aliphatic heterocycles. The quantitative estimate of drug-likeness (QED) is 0.892. The van der Waals surface area contributed by atoms with Gasteiger partial charge in [0, 0.05) is 12.5 Å². The molecule has 0 aliphatic carbocycles. The molecule has 1 atom stereocenters. The van der Waals surface area contributed by atoms with E-state index >= 15 is 0 Å². The molecule has 1 fully saturated rings. The predicted octanol–water partition coefficient (Wildman–Crippen LogP) is 4.08. The van der Waals surface area contributed by atoms with Crippen LogP contribution in [-0.2, 0) is 11.3 Å². The van der Waals surface area contributed by atoms with Crippen LogP contribution in [0.5, 0.6) is 0 Å². The highest BCUT2D eigenvalue weighted by atomic mass is 16.1. The summed E-state index contributed by atoms with van der Waals surface area (Å²) in [6.07, 6.45) is 1.89. The molecule has 3 heteroatoms. The Balaban J connectivity index is 1.46. The van der Waals surface area contributed by atoms with Gasteiger partial charge in [-0.25, -0.2) is 0 Å². The van der Waals surface area contributed by atoms with Crippen molar-refractivity contribution in [1.82, 2.24) is 10.2 Å². The molecule has 2 aromatic rings. The van der Waals surface area contributed by atoms with E-state index in [0.717, 1.165) is 38.0 Å². The van der Waals surface area contributed by atoms with Crippen LogP contribution in [0, 0.1) is 12.8 Å². The van der Waals surface area contributed by atoms with Crippen molar-refractivity contribution in [3.63, 3.8) is 0 Å². The zero-order valence-corrected chi connectivity index (χ0v) is 15.2. The minimum atomic E-state index is 0.0688. The van der Waals surface area contributed by atoms with Gasteiger partial charge in [-0.05, 0) is 50.9 Å². The Kier molecular flexibility index (Phi) is 5.87. The summed E-state index contributed by atoms with van der Waals surface area (Å²) in [5.41, 5.74) is 3.81. The second kappa shape index (κ2) is 8.30. The number of hydrogen-bond donors (Lipinski definition) is 1. The summed E-state index contributed by atoms with van der Waals surface area (Å²) in [5, 5.41) is 3.18. The fraction of sp³-hybridized carbons (Fsp3) is 0.409. The second-order valence-corrected chi connectivity index (χ2v) is 7.18. The molecule has 1 heterocycles. The van der Waals surface area contributed by atoms with Gasteiger partial charge in [0.15, 0.2) is 0 Å². The largest absolute Gasteiger partial charge is 0.349 e.